The number of hydrogen-bond donors (Lipinski definition) is 3. The zero-order valence-electron chi connectivity index (χ0n) is 21.5. The third-order valence-electron chi connectivity index (χ3n) is 6.93. The lowest BCUT2D eigenvalue weighted by Gasteiger charge is -2.30. The molecule has 2 aromatic carbocycles. The van der Waals surface area contributed by atoms with Gasteiger partial charge in [0.15, 0.2) is 5.82 Å². The Morgan fingerprint density at radius 1 is 1.28 bits per heavy atom. The number of benzene rings is 2. The standard InChI is InChI=1S/C24H28N6O2.C2HF3O2/c1-16-8-10-24(14-16,23-27-28-29-30(23)19-4-3-5-20(13-19)32-2)26-15-17-6-7-18-9-11-25-22(31)21(18)12-17;3-2(4,5)1(6)7/h3-7,12-13,16,26H,8-11,14-15H2,1-2H3,(H,25,31);(H,6,7)/t16-,24?;/m1./s1. The van der Waals surface area contributed by atoms with E-state index in [4.69, 9.17) is 14.6 Å². The van der Waals surface area contributed by atoms with Crippen LogP contribution in [0.4, 0.5) is 13.2 Å². The number of alkyl halides is 3. The van der Waals surface area contributed by atoms with Gasteiger partial charge in [-0.2, -0.15) is 17.9 Å². The first kappa shape index (κ1) is 28.0. The Kier molecular flexibility index (Phi) is 8.19. The average Bonchev–Trinajstić information content (AvgIpc) is 3.55. The minimum atomic E-state index is -5.08. The van der Waals surface area contributed by atoms with E-state index < -0.39 is 12.1 Å². The number of aliphatic carboxylic acids is 1. The lowest BCUT2D eigenvalue weighted by Crippen LogP contribution is -2.42. The van der Waals surface area contributed by atoms with Crippen LogP contribution in [0.25, 0.3) is 5.69 Å². The molecule has 1 aliphatic heterocycles. The second-order valence-corrected chi connectivity index (χ2v) is 9.70. The number of methoxy groups -OCH3 is 1. The van der Waals surface area contributed by atoms with Crippen molar-refractivity contribution in [3.05, 3.63) is 65.0 Å². The van der Waals surface area contributed by atoms with Crippen molar-refractivity contribution in [3.8, 4) is 11.4 Å². The van der Waals surface area contributed by atoms with Crippen LogP contribution in [0.1, 0.15) is 53.5 Å². The van der Waals surface area contributed by atoms with Gasteiger partial charge >= 0.3 is 12.1 Å². The van der Waals surface area contributed by atoms with Crippen LogP contribution in [0.2, 0.25) is 0 Å². The van der Waals surface area contributed by atoms with Gasteiger partial charge in [0.05, 0.1) is 18.3 Å². The quantitative estimate of drug-likeness (QED) is 0.429. The fourth-order valence-electron chi connectivity index (χ4n) is 4.98. The van der Waals surface area contributed by atoms with E-state index in [0.717, 1.165) is 59.6 Å². The number of carboxylic acid groups (broad SMARTS) is 1. The maximum atomic E-state index is 12.3. The van der Waals surface area contributed by atoms with Gasteiger partial charge in [-0.05, 0) is 71.4 Å². The highest BCUT2D eigenvalue weighted by Crippen LogP contribution is 2.42. The molecule has 10 nitrogen and oxygen atoms in total. The van der Waals surface area contributed by atoms with Gasteiger partial charge in [-0.1, -0.05) is 25.1 Å². The minimum Gasteiger partial charge on any atom is -0.497 e. The average molecular weight is 547 g/mol. The number of halogens is 3. The largest absolute Gasteiger partial charge is 0.497 e. The molecule has 5 rings (SSSR count). The number of fused-ring (bicyclic) bond motifs is 1. The fraction of sp³-hybridized carbons (Fsp3) is 0.423. The maximum Gasteiger partial charge on any atom is 0.490 e. The predicted octanol–water partition coefficient (Wildman–Crippen LogP) is 3.40. The number of rotatable bonds is 6. The van der Waals surface area contributed by atoms with Crippen molar-refractivity contribution in [1.82, 2.24) is 30.8 Å². The summed E-state index contributed by atoms with van der Waals surface area (Å²) >= 11 is 0. The van der Waals surface area contributed by atoms with Crippen LogP contribution < -0.4 is 15.4 Å². The van der Waals surface area contributed by atoms with E-state index in [2.05, 4.69) is 45.2 Å². The van der Waals surface area contributed by atoms with Gasteiger partial charge in [-0.3, -0.25) is 4.79 Å². The number of aromatic nitrogens is 4. The van der Waals surface area contributed by atoms with E-state index in [-0.39, 0.29) is 11.4 Å². The van der Waals surface area contributed by atoms with Crippen LogP contribution >= 0.6 is 0 Å². The highest BCUT2D eigenvalue weighted by Gasteiger charge is 2.43. The Labute approximate surface area is 222 Å². The minimum absolute atomic E-state index is 0.0132. The van der Waals surface area contributed by atoms with Gasteiger partial charge in [0.1, 0.15) is 5.75 Å². The molecule has 0 bridgehead atoms. The van der Waals surface area contributed by atoms with Gasteiger partial charge < -0.3 is 20.5 Å². The Morgan fingerprint density at radius 3 is 2.72 bits per heavy atom. The summed E-state index contributed by atoms with van der Waals surface area (Å²) in [5, 5.41) is 26.6. The van der Waals surface area contributed by atoms with Crippen molar-refractivity contribution in [2.45, 2.75) is 50.9 Å². The monoisotopic (exact) mass is 546 g/mol. The first-order valence-corrected chi connectivity index (χ1v) is 12.4. The molecule has 208 valence electrons. The summed E-state index contributed by atoms with van der Waals surface area (Å²) in [6.45, 7) is 3.61. The van der Waals surface area contributed by atoms with E-state index in [1.54, 1.807) is 7.11 Å². The first-order valence-electron chi connectivity index (χ1n) is 12.4. The highest BCUT2D eigenvalue weighted by molar-refractivity contribution is 5.96. The first-order chi connectivity index (χ1) is 18.5. The van der Waals surface area contributed by atoms with E-state index >= 15 is 0 Å². The predicted molar refractivity (Wildman–Crippen MR) is 133 cm³/mol. The summed E-state index contributed by atoms with van der Waals surface area (Å²) in [6.07, 6.45) is -1.21. The zero-order valence-corrected chi connectivity index (χ0v) is 21.5. The normalized spacial score (nSPS) is 20.4. The zero-order chi connectivity index (χ0) is 28.2. The molecule has 39 heavy (non-hydrogen) atoms. The molecule has 2 atom stereocenters. The molecule has 0 saturated heterocycles. The smallest absolute Gasteiger partial charge is 0.490 e. The van der Waals surface area contributed by atoms with Gasteiger partial charge in [0.25, 0.3) is 5.91 Å². The van der Waals surface area contributed by atoms with Crippen LogP contribution in [0.15, 0.2) is 42.5 Å². The Morgan fingerprint density at radius 2 is 2.05 bits per heavy atom. The van der Waals surface area contributed by atoms with Gasteiger partial charge in [-0.15, -0.1) is 5.10 Å². The van der Waals surface area contributed by atoms with Crippen molar-refractivity contribution in [1.29, 1.82) is 0 Å². The summed E-state index contributed by atoms with van der Waals surface area (Å²) in [6, 6.07) is 14.0. The van der Waals surface area contributed by atoms with Gasteiger partial charge in [0.2, 0.25) is 0 Å². The van der Waals surface area contributed by atoms with Crippen molar-refractivity contribution in [2.24, 2.45) is 5.92 Å². The summed E-state index contributed by atoms with van der Waals surface area (Å²) < 4.78 is 38.9. The molecule has 2 aliphatic rings. The highest BCUT2D eigenvalue weighted by atomic mass is 19.4. The van der Waals surface area contributed by atoms with Crippen LogP contribution in [0.5, 0.6) is 5.75 Å². The van der Waals surface area contributed by atoms with Crippen LogP contribution in [-0.4, -0.2) is 57.0 Å². The molecular weight excluding hydrogens is 517 g/mol. The Hall–Kier alpha value is -4.00. The molecule has 13 heteroatoms. The number of tetrazole rings is 1. The number of nitrogens with zero attached hydrogens (tertiary/aromatic N) is 4. The summed E-state index contributed by atoms with van der Waals surface area (Å²) in [5.41, 5.74) is 3.51. The fourth-order valence-corrected chi connectivity index (χ4v) is 4.98. The Bertz CT molecular complexity index is 1350. The molecular formula is C26H29F3N6O4. The third-order valence-corrected chi connectivity index (χ3v) is 6.93. The molecule has 1 aromatic heterocycles. The lowest BCUT2D eigenvalue weighted by atomic mass is 9.93. The molecule has 1 saturated carbocycles. The van der Waals surface area contributed by atoms with Crippen LogP contribution in [-0.2, 0) is 23.3 Å². The SMILES string of the molecule is COc1cccc(-n2nnnc2C2(NCc3ccc4c(c3)C(=O)NCC4)CC[C@@H](C)C2)c1.O=C(O)C(F)(F)F. The third kappa shape index (κ3) is 6.36. The molecule has 1 amide bonds. The molecule has 1 fully saturated rings. The molecule has 3 N–H and O–H groups in total. The molecule has 3 aromatic rings. The van der Waals surface area contributed by atoms with Gasteiger partial charge in [0, 0.05) is 24.7 Å². The van der Waals surface area contributed by atoms with Crippen molar-refractivity contribution < 1.29 is 32.6 Å². The van der Waals surface area contributed by atoms with Crippen molar-refractivity contribution in [2.75, 3.05) is 13.7 Å². The summed E-state index contributed by atoms with van der Waals surface area (Å²) in [5.74, 6) is -0.608. The van der Waals surface area contributed by atoms with E-state index in [0.29, 0.717) is 19.0 Å². The molecule has 1 aliphatic carbocycles. The Balaban J connectivity index is 0.000000448. The van der Waals surface area contributed by atoms with Crippen molar-refractivity contribution >= 4 is 11.9 Å². The van der Waals surface area contributed by atoms with E-state index in [1.807, 2.05) is 35.0 Å². The molecule has 2 heterocycles. The molecule has 0 spiro atoms. The number of nitrogens with one attached hydrogen (secondary N) is 2. The molecule has 0 radical (unpaired) electrons. The maximum absolute atomic E-state index is 12.3. The summed E-state index contributed by atoms with van der Waals surface area (Å²) in [7, 11) is 1.65. The topological polar surface area (TPSA) is 131 Å². The number of amides is 1. The second-order valence-electron chi connectivity index (χ2n) is 9.70. The van der Waals surface area contributed by atoms with E-state index in [1.165, 1.54) is 0 Å². The van der Waals surface area contributed by atoms with Gasteiger partial charge in [-0.25, -0.2) is 4.79 Å². The number of ether oxygens (including phenoxy) is 1. The second kappa shape index (κ2) is 11.4. The summed E-state index contributed by atoms with van der Waals surface area (Å²) in [4.78, 5) is 21.2. The number of carbonyl (C=O) groups is 2. The van der Waals surface area contributed by atoms with Crippen molar-refractivity contribution in [3.63, 3.8) is 0 Å². The molecule has 1 unspecified atom stereocenters. The number of hydrogen-bond acceptors (Lipinski definition) is 7. The lowest BCUT2D eigenvalue weighted by molar-refractivity contribution is -0.192. The number of carboxylic acids is 1. The van der Waals surface area contributed by atoms with E-state index in [9.17, 15) is 18.0 Å². The van der Waals surface area contributed by atoms with Crippen LogP contribution in [0.3, 0.4) is 0 Å². The van der Waals surface area contributed by atoms with Crippen LogP contribution in [0, 0.1) is 5.92 Å². The number of carbonyl (C=O) groups excluding carboxylic acids is 1.